The van der Waals surface area contributed by atoms with Crippen LogP contribution in [0.2, 0.25) is 0 Å². The summed E-state index contributed by atoms with van der Waals surface area (Å²) in [5.41, 5.74) is 1.15. The molecule has 0 fully saturated rings. The highest BCUT2D eigenvalue weighted by Gasteiger charge is 2.27. The van der Waals surface area contributed by atoms with E-state index < -0.39 is 6.04 Å². The highest BCUT2D eigenvalue weighted by atomic mass is 16.5. The van der Waals surface area contributed by atoms with E-state index in [1.807, 2.05) is 61.5 Å². The lowest BCUT2D eigenvalue weighted by atomic mass is 10.1. The molecule has 1 N–H and O–H groups in total. The standard InChI is InChI=1S/C27H38N2O4/c1-5-25(27(31)28-20-21(2)3)29(18-17-22-10-7-6-8-11-22)26(30)12-9-19-33-24-15-13-23(32-4)14-16-24/h6-8,10-11,13-16,21,25H,5,9,12,17-20H2,1-4H3,(H,28,31)/t25-/m0/s1. The van der Waals surface area contributed by atoms with Crippen molar-refractivity contribution in [1.82, 2.24) is 10.2 Å². The van der Waals surface area contributed by atoms with E-state index in [9.17, 15) is 9.59 Å². The van der Waals surface area contributed by atoms with Crippen LogP contribution >= 0.6 is 0 Å². The number of hydrogen-bond acceptors (Lipinski definition) is 4. The normalized spacial score (nSPS) is 11.7. The zero-order chi connectivity index (χ0) is 24.1. The number of hydrogen-bond donors (Lipinski definition) is 1. The van der Waals surface area contributed by atoms with Gasteiger partial charge in [0.15, 0.2) is 0 Å². The fourth-order valence-corrected chi connectivity index (χ4v) is 3.55. The number of ether oxygens (including phenoxy) is 2. The first kappa shape index (κ1) is 26.2. The van der Waals surface area contributed by atoms with Gasteiger partial charge in [-0.15, -0.1) is 0 Å². The van der Waals surface area contributed by atoms with Gasteiger partial charge in [0, 0.05) is 19.5 Å². The van der Waals surface area contributed by atoms with E-state index in [-0.39, 0.29) is 11.8 Å². The molecule has 0 radical (unpaired) electrons. The van der Waals surface area contributed by atoms with Crippen LogP contribution < -0.4 is 14.8 Å². The summed E-state index contributed by atoms with van der Waals surface area (Å²) in [6, 6.07) is 17.0. The molecule has 180 valence electrons. The number of benzene rings is 2. The quantitative estimate of drug-likeness (QED) is 0.428. The zero-order valence-electron chi connectivity index (χ0n) is 20.4. The average Bonchev–Trinajstić information content (AvgIpc) is 2.83. The zero-order valence-corrected chi connectivity index (χ0v) is 20.4. The third kappa shape index (κ3) is 9.16. The molecule has 2 aromatic rings. The van der Waals surface area contributed by atoms with Crippen LogP contribution in [-0.4, -0.2) is 49.6 Å². The fraction of sp³-hybridized carbons (Fsp3) is 0.481. The van der Waals surface area contributed by atoms with Gasteiger partial charge in [0.2, 0.25) is 11.8 Å². The minimum absolute atomic E-state index is 0.0178. The summed E-state index contributed by atoms with van der Waals surface area (Å²) in [7, 11) is 1.62. The molecule has 0 aliphatic carbocycles. The van der Waals surface area contributed by atoms with Gasteiger partial charge in [0.05, 0.1) is 13.7 Å². The van der Waals surface area contributed by atoms with Crippen molar-refractivity contribution >= 4 is 11.8 Å². The number of nitrogens with one attached hydrogen (secondary N) is 1. The first-order valence-corrected chi connectivity index (χ1v) is 11.8. The molecule has 0 aliphatic rings. The number of methoxy groups -OCH3 is 1. The SMILES string of the molecule is CC[C@@H](C(=O)NCC(C)C)N(CCc1ccccc1)C(=O)CCCOc1ccc(OC)cc1. The molecule has 33 heavy (non-hydrogen) atoms. The van der Waals surface area contributed by atoms with E-state index in [1.165, 1.54) is 0 Å². The molecule has 6 heteroatoms. The van der Waals surface area contributed by atoms with Gasteiger partial charge in [-0.1, -0.05) is 51.1 Å². The largest absolute Gasteiger partial charge is 0.497 e. The predicted octanol–water partition coefficient (Wildman–Crippen LogP) is 4.48. The molecule has 0 aromatic heterocycles. The Morgan fingerprint density at radius 1 is 1.00 bits per heavy atom. The third-order valence-electron chi connectivity index (χ3n) is 5.42. The minimum atomic E-state index is -0.470. The van der Waals surface area contributed by atoms with Gasteiger partial charge in [-0.2, -0.15) is 0 Å². The van der Waals surface area contributed by atoms with Gasteiger partial charge >= 0.3 is 0 Å². The van der Waals surface area contributed by atoms with Crippen LogP contribution in [0.4, 0.5) is 0 Å². The molecule has 2 rings (SSSR count). The van der Waals surface area contributed by atoms with E-state index in [4.69, 9.17) is 9.47 Å². The van der Waals surface area contributed by atoms with Gasteiger partial charge < -0.3 is 19.7 Å². The Labute approximate surface area is 198 Å². The topological polar surface area (TPSA) is 67.9 Å². The molecule has 1 atom stereocenters. The number of carbonyl (C=O) groups is 2. The van der Waals surface area contributed by atoms with Crippen LogP contribution in [-0.2, 0) is 16.0 Å². The van der Waals surface area contributed by atoms with Gasteiger partial charge in [0.1, 0.15) is 17.5 Å². The molecule has 0 aliphatic heterocycles. The Kier molecular flexibility index (Phi) is 11.3. The summed E-state index contributed by atoms with van der Waals surface area (Å²) >= 11 is 0. The Bertz CT molecular complexity index is 837. The number of carbonyl (C=O) groups excluding carboxylic acids is 2. The minimum Gasteiger partial charge on any atom is -0.497 e. The number of nitrogens with zero attached hydrogens (tertiary/aromatic N) is 1. The lowest BCUT2D eigenvalue weighted by Crippen LogP contribution is -2.50. The van der Waals surface area contributed by atoms with Gasteiger partial charge in [0.25, 0.3) is 0 Å². The van der Waals surface area contributed by atoms with Crippen molar-refractivity contribution in [2.45, 2.75) is 52.5 Å². The molecule has 0 saturated carbocycles. The summed E-state index contributed by atoms with van der Waals surface area (Å²) in [4.78, 5) is 27.8. The Balaban J connectivity index is 1.97. The summed E-state index contributed by atoms with van der Waals surface area (Å²) in [5, 5.41) is 3.00. The lowest BCUT2D eigenvalue weighted by Gasteiger charge is -2.31. The maximum Gasteiger partial charge on any atom is 0.242 e. The molecule has 2 aromatic carbocycles. The lowest BCUT2D eigenvalue weighted by molar-refractivity contribution is -0.140. The summed E-state index contributed by atoms with van der Waals surface area (Å²) in [6.45, 7) is 7.61. The maximum atomic E-state index is 13.2. The molecule has 6 nitrogen and oxygen atoms in total. The Morgan fingerprint density at radius 3 is 2.27 bits per heavy atom. The molecule has 0 unspecified atom stereocenters. The van der Waals surface area contributed by atoms with Crippen molar-refractivity contribution in [3.63, 3.8) is 0 Å². The molecule has 0 saturated heterocycles. The van der Waals surface area contributed by atoms with Crippen LogP contribution in [0.15, 0.2) is 54.6 Å². The van der Waals surface area contributed by atoms with Crippen LogP contribution in [0.5, 0.6) is 11.5 Å². The van der Waals surface area contributed by atoms with E-state index in [1.54, 1.807) is 12.0 Å². The second-order valence-corrected chi connectivity index (χ2v) is 8.51. The first-order chi connectivity index (χ1) is 15.9. The highest BCUT2D eigenvalue weighted by Crippen LogP contribution is 2.17. The number of amides is 2. The maximum absolute atomic E-state index is 13.2. The average molecular weight is 455 g/mol. The van der Waals surface area contributed by atoms with E-state index in [0.29, 0.717) is 51.3 Å². The highest BCUT2D eigenvalue weighted by molar-refractivity contribution is 5.87. The first-order valence-electron chi connectivity index (χ1n) is 11.8. The molecule has 0 bridgehead atoms. The second kappa shape index (κ2) is 14.2. The van der Waals surface area contributed by atoms with Gasteiger partial charge in [-0.05, 0) is 55.0 Å². The molecule has 0 spiro atoms. The third-order valence-corrected chi connectivity index (χ3v) is 5.42. The second-order valence-electron chi connectivity index (χ2n) is 8.51. The van der Waals surface area contributed by atoms with Crippen molar-refractivity contribution in [3.8, 4) is 11.5 Å². The van der Waals surface area contributed by atoms with Crippen molar-refractivity contribution in [3.05, 3.63) is 60.2 Å². The van der Waals surface area contributed by atoms with Gasteiger partial charge in [-0.25, -0.2) is 0 Å². The van der Waals surface area contributed by atoms with Crippen LogP contribution in [0, 0.1) is 5.92 Å². The number of rotatable bonds is 14. The monoisotopic (exact) mass is 454 g/mol. The molecular formula is C27H38N2O4. The molecule has 0 heterocycles. The van der Waals surface area contributed by atoms with Crippen molar-refractivity contribution < 1.29 is 19.1 Å². The van der Waals surface area contributed by atoms with E-state index in [2.05, 4.69) is 19.2 Å². The van der Waals surface area contributed by atoms with E-state index in [0.717, 1.165) is 17.1 Å². The summed E-state index contributed by atoms with van der Waals surface area (Å²) in [6.07, 6.45) is 2.20. The fourth-order valence-electron chi connectivity index (χ4n) is 3.55. The van der Waals surface area contributed by atoms with Crippen molar-refractivity contribution in [2.24, 2.45) is 5.92 Å². The summed E-state index contributed by atoms with van der Waals surface area (Å²) < 4.78 is 10.9. The van der Waals surface area contributed by atoms with Gasteiger partial charge in [-0.3, -0.25) is 9.59 Å². The van der Waals surface area contributed by atoms with E-state index >= 15 is 0 Å². The van der Waals surface area contributed by atoms with Crippen molar-refractivity contribution in [1.29, 1.82) is 0 Å². The predicted molar refractivity (Wildman–Crippen MR) is 132 cm³/mol. The summed E-state index contributed by atoms with van der Waals surface area (Å²) in [5.74, 6) is 1.77. The molecular weight excluding hydrogens is 416 g/mol. The molecule has 2 amide bonds. The smallest absolute Gasteiger partial charge is 0.242 e. The Hall–Kier alpha value is -3.02. The van der Waals surface area contributed by atoms with Crippen LogP contribution in [0.25, 0.3) is 0 Å². The van der Waals surface area contributed by atoms with Crippen LogP contribution in [0.3, 0.4) is 0 Å². The van der Waals surface area contributed by atoms with Crippen molar-refractivity contribution in [2.75, 3.05) is 26.8 Å². The Morgan fingerprint density at radius 2 is 1.67 bits per heavy atom. The van der Waals surface area contributed by atoms with Crippen LogP contribution in [0.1, 0.15) is 45.6 Å².